The van der Waals surface area contributed by atoms with E-state index < -0.39 is 0 Å². The molecule has 3 nitrogen and oxygen atoms in total. The van der Waals surface area contributed by atoms with Crippen LogP contribution in [-0.2, 0) is 0 Å². The molecule has 0 fully saturated rings. The maximum Gasteiger partial charge on any atom is 0.272 e. The summed E-state index contributed by atoms with van der Waals surface area (Å²) in [6.45, 7) is 1.74. The van der Waals surface area contributed by atoms with Crippen molar-refractivity contribution in [2.75, 3.05) is 0 Å². The van der Waals surface area contributed by atoms with Gasteiger partial charge in [0.25, 0.3) is 5.69 Å². The van der Waals surface area contributed by atoms with Crippen molar-refractivity contribution in [3.8, 4) is 11.1 Å². The van der Waals surface area contributed by atoms with E-state index in [1.165, 1.54) is 6.07 Å². The normalized spacial score (nSPS) is 10.1. The first kappa shape index (κ1) is 10.4. The highest BCUT2D eigenvalue weighted by atomic mass is 16.6. The maximum atomic E-state index is 10.7. The average molecular weight is 212 g/mol. The number of nitro benzene ring substituents is 1. The summed E-state index contributed by atoms with van der Waals surface area (Å²) in [6.07, 6.45) is 0. The summed E-state index contributed by atoms with van der Waals surface area (Å²) in [5.41, 5.74) is 2.82. The first-order valence-electron chi connectivity index (χ1n) is 4.90. The molecule has 79 valence electrons. The van der Waals surface area contributed by atoms with Crippen molar-refractivity contribution < 1.29 is 4.92 Å². The smallest absolute Gasteiger partial charge is 0.258 e. The largest absolute Gasteiger partial charge is 0.272 e. The van der Waals surface area contributed by atoms with Gasteiger partial charge in [0, 0.05) is 11.6 Å². The van der Waals surface area contributed by atoms with Gasteiger partial charge in [0.1, 0.15) is 0 Å². The first-order chi connectivity index (χ1) is 7.68. The molecule has 2 rings (SSSR count). The van der Waals surface area contributed by atoms with Crippen LogP contribution in [0.25, 0.3) is 11.1 Å². The van der Waals surface area contributed by atoms with Gasteiger partial charge in [-0.15, -0.1) is 0 Å². The minimum atomic E-state index is -0.365. The topological polar surface area (TPSA) is 43.1 Å². The lowest BCUT2D eigenvalue weighted by Gasteiger charge is -2.03. The van der Waals surface area contributed by atoms with E-state index in [-0.39, 0.29) is 10.6 Å². The van der Waals surface area contributed by atoms with Crippen LogP contribution < -0.4 is 0 Å². The van der Waals surface area contributed by atoms with Crippen LogP contribution in [0.5, 0.6) is 0 Å². The molecule has 2 aromatic carbocycles. The van der Waals surface area contributed by atoms with Crippen molar-refractivity contribution in [2.45, 2.75) is 6.92 Å². The van der Waals surface area contributed by atoms with Crippen molar-refractivity contribution in [1.82, 2.24) is 0 Å². The second-order valence-electron chi connectivity index (χ2n) is 3.55. The molecule has 0 spiro atoms. The minimum Gasteiger partial charge on any atom is -0.258 e. The summed E-state index contributed by atoms with van der Waals surface area (Å²) in [5, 5.41) is 10.7. The molecule has 3 heteroatoms. The highest BCUT2D eigenvalue weighted by Gasteiger charge is 2.10. The van der Waals surface area contributed by atoms with E-state index in [0.29, 0.717) is 5.56 Å². The zero-order valence-corrected chi connectivity index (χ0v) is 8.81. The van der Waals surface area contributed by atoms with E-state index in [1.54, 1.807) is 13.0 Å². The lowest BCUT2D eigenvalue weighted by molar-refractivity contribution is -0.385. The molecule has 0 saturated heterocycles. The third kappa shape index (κ3) is 1.93. The number of benzene rings is 2. The lowest BCUT2D eigenvalue weighted by atomic mass is 10.0. The number of nitro groups is 1. The fraction of sp³-hybridized carbons (Fsp3) is 0.0769. The van der Waals surface area contributed by atoms with Gasteiger partial charge in [-0.1, -0.05) is 18.2 Å². The van der Waals surface area contributed by atoms with E-state index in [0.717, 1.165) is 11.1 Å². The molecule has 16 heavy (non-hydrogen) atoms. The number of hydrogen-bond donors (Lipinski definition) is 0. The van der Waals surface area contributed by atoms with Gasteiger partial charge in [-0.2, -0.15) is 0 Å². The molecule has 0 N–H and O–H groups in total. The van der Waals surface area contributed by atoms with E-state index in [2.05, 4.69) is 6.07 Å². The molecule has 0 aliphatic carbocycles. The van der Waals surface area contributed by atoms with E-state index in [4.69, 9.17) is 0 Å². The van der Waals surface area contributed by atoms with Crippen LogP contribution in [0.2, 0.25) is 0 Å². The van der Waals surface area contributed by atoms with Crippen molar-refractivity contribution in [3.05, 3.63) is 64.2 Å². The third-order valence-electron chi connectivity index (χ3n) is 2.43. The predicted molar refractivity (Wildman–Crippen MR) is 62.1 cm³/mol. The maximum absolute atomic E-state index is 10.7. The number of hydrogen-bond acceptors (Lipinski definition) is 2. The third-order valence-corrected chi connectivity index (χ3v) is 2.43. The van der Waals surface area contributed by atoms with Crippen molar-refractivity contribution in [1.29, 1.82) is 0 Å². The Morgan fingerprint density at radius 3 is 2.62 bits per heavy atom. The molecule has 0 aliphatic rings. The van der Waals surface area contributed by atoms with Gasteiger partial charge in [0.15, 0.2) is 0 Å². The fourth-order valence-electron chi connectivity index (χ4n) is 1.61. The molecular weight excluding hydrogens is 202 g/mol. The molecule has 1 radical (unpaired) electrons. The van der Waals surface area contributed by atoms with Crippen molar-refractivity contribution in [3.63, 3.8) is 0 Å². The summed E-state index contributed by atoms with van der Waals surface area (Å²) in [6, 6.07) is 15.6. The van der Waals surface area contributed by atoms with Crippen molar-refractivity contribution in [2.24, 2.45) is 0 Å². The fourth-order valence-corrected chi connectivity index (χ4v) is 1.61. The quantitative estimate of drug-likeness (QED) is 0.565. The Hall–Kier alpha value is -2.16. The Labute approximate surface area is 93.5 Å². The number of rotatable bonds is 2. The molecule has 0 heterocycles. The molecule has 0 aliphatic heterocycles. The van der Waals surface area contributed by atoms with Crippen LogP contribution in [0.1, 0.15) is 5.56 Å². The van der Waals surface area contributed by atoms with Gasteiger partial charge in [-0.05, 0) is 42.3 Å². The molecule has 0 amide bonds. The van der Waals surface area contributed by atoms with E-state index in [1.807, 2.05) is 30.3 Å². The second kappa shape index (κ2) is 4.14. The molecule has 0 aromatic heterocycles. The Morgan fingerprint density at radius 1 is 1.25 bits per heavy atom. The molecule has 0 atom stereocenters. The van der Waals surface area contributed by atoms with Crippen LogP contribution >= 0.6 is 0 Å². The van der Waals surface area contributed by atoms with Crippen LogP contribution in [0.15, 0.2) is 42.5 Å². The predicted octanol–water partition coefficient (Wildman–Crippen LogP) is 3.37. The monoisotopic (exact) mass is 212 g/mol. The zero-order valence-electron chi connectivity index (χ0n) is 8.81. The number of nitrogens with zero attached hydrogens (tertiary/aromatic N) is 1. The SMILES string of the molecule is Cc1cc(-c2c[c]ccc2)ccc1[N+](=O)[O-]. The van der Waals surface area contributed by atoms with Gasteiger partial charge in [-0.25, -0.2) is 0 Å². The van der Waals surface area contributed by atoms with Crippen molar-refractivity contribution >= 4 is 5.69 Å². The molecular formula is C13H10NO2. The summed E-state index contributed by atoms with van der Waals surface area (Å²) >= 11 is 0. The second-order valence-corrected chi connectivity index (χ2v) is 3.55. The summed E-state index contributed by atoms with van der Waals surface area (Å²) < 4.78 is 0. The van der Waals surface area contributed by atoms with E-state index >= 15 is 0 Å². The highest BCUT2D eigenvalue weighted by Crippen LogP contribution is 2.25. The zero-order chi connectivity index (χ0) is 11.5. The number of aryl methyl sites for hydroxylation is 1. The Kier molecular flexibility index (Phi) is 2.68. The average Bonchev–Trinajstić information content (AvgIpc) is 2.29. The van der Waals surface area contributed by atoms with Gasteiger partial charge >= 0.3 is 0 Å². The van der Waals surface area contributed by atoms with Crippen LogP contribution in [0.3, 0.4) is 0 Å². The highest BCUT2D eigenvalue weighted by molar-refractivity contribution is 5.66. The van der Waals surface area contributed by atoms with Gasteiger partial charge in [0.05, 0.1) is 4.92 Å². The Morgan fingerprint density at radius 2 is 2.06 bits per heavy atom. The van der Waals surface area contributed by atoms with Gasteiger partial charge < -0.3 is 0 Å². The lowest BCUT2D eigenvalue weighted by Crippen LogP contribution is -1.91. The molecule has 2 aromatic rings. The first-order valence-corrected chi connectivity index (χ1v) is 4.90. The van der Waals surface area contributed by atoms with E-state index in [9.17, 15) is 10.1 Å². The standard InChI is InChI=1S/C13H10NO2/c1-10-9-12(7-8-13(10)14(15)16)11-5-3-2-4-6-11/h2-3,5-9H,1H3. The molecule has 0 unspecified atom stereocenters. The summed E-state index contributed by atoms with van der Waals surface area (Å²) in [4.78, 5) is 10.3. The minimum absolute atomic E-state index is 0.156. The van der Waals surface area contributed by atoms with Crippen LogP contribution in [0, 0.1) is 23.1 Å². The summed E-state index contributed by atoms with van der Waals surface area (Å²) in [5.74, 6) is 0. The Bertz CT molecular complexity index is 521. The Balaban J connectivity index is 2.46. The van der Waals surface area contributed by atoms with Crippen LogP contribution in [0.4, 0.5) is 5.69 Å². The molecule has 0 saturated carbocycles. The van der Waals surface area contributed by atoms with Gasteiger partial charge in [-0.3, -0.25) is 10.1 Å². The molecule has 0 bridgehead atoms. The summed E-state index contributed by atoms with van der Waals surface area (Å²) in [7, 11) is 0. The van der Waals surface area contributed by atoms with Gasteiger partial charge in [0.2, 0.25) is 0 Å². The van der Waals surface area contributed by atoms with Crippen LogP contribution in [-0.4, -0.2) is 4.92 Å².